The van der Waals surface area contributed by atoms with Crippen LogP contribution in [0.4, 0.5) is 0 Å². The monoisotopic (exact) mass is 245 g/mol. The van der Waals surface area contributed by atoms with Gasteiger partial charge in [0.25, 0.3) is 0 Å². The second-order valence-corrected chi connectivity index (χ2v) is 3.58. The third kappa shape index (κ3) is 1.03. The molecule has 0 bridgehead atoms. The third-order valence-electron chi connectivity index (χ3n) is 1.65. The first kappa shape index (κ1) is 8.01. The van der Waals surface area contributed by atoms with Crippen molar-refractivity contribution in [3.63, 3.8) is 0 Å². The van der Waals surface area contributed by atoms with Gasteiger partial charge < -0.3 is 0 Å². The standard InChI is InChI=1S/C7H5BrClN3/c1-4-5(8)7-10-2-3-12(7)11-6(4)9/h2-3H,1H3. The largest absolute Gasteiger partial charge is 0.234 e. The first-order valence-electron chi connectivity index (χ1n) is 3.35. The molecule has 0 N–H and O–H groups in total. The predicted octanol–water partition coefficient (Wildman–Crippen LogP) is 2.45. The molecule has 0 radical (unpaired) electrons. The van der Waals surface area contributed by atoms with Gasteiger partial charge in [0, 0.05) is 18.0 Å². The Kier molecular flexibility index (Phi) is 1.81. The summed E-state index contributed by atoms with van der Waals surface area (Å²) in [4.78, 5) is 4.12. The second kappa shape index (κ2) is 2.71. The summed E-state index contributed by atoms with van der Waals surface area (Å²) in [5.74, 6) is 0. The Hall–Kier alpha value is -0.610. The number of imidazole rings is 1. The SMILES string of the molecule is Cc1c(Cl)nn2ccnc2c1Br. The summed E-state index contributed by atoms with van der Waals surface area (Å²) < 4.78 is 2.53. The van der Waals surface area contributed by atoms with Crippen molar-refractivity contribution in [2.24, 2.45) is 0 Å². The highest BCUT2D eigenvalue weighted by Gasteiger charge is 2.07. The zero-order valence-corrected chi connectivity index (χ0v) is 8.59. The van der Waals surface area contributed by atoms with Gasteiger partial charge in [-0.15, -0.1) is 0 Å². The number of nitrogens with zero attached hydrogens (tertiary/aromatic N) is 3. The number of rotatable bonds is 0. The van der Waals surface area contributed by atoms with Crippen LogP contribution in [0.5, 0.6) is 0 Å². The van der Waals surface area contributed by atoms with E-state index in [9.17, 15) is 0 Å². The fraction of sp³-hybridized carbons (Fsp3) is 0.143. The molecule has 0 aliphatic carbocycles. The molecular formula is C7H5BrClN3. The van der Waals surface area contributed by atoms with E-state index in [1.54, 1.807) is 16.9 Å². The fourth-order valence-electron chi connectivity index (χ4n) is 0.963. The highest BCUT2D eigenvalue weighted by atomic mass is 79.9. The molecule has 0 fully saturated rings. The first-order valence-corrected chi connectivity index (χ1v) is 4.52. The molecule has 62 valence electrons. The maximum atomic E-state index is 5.86. The minimum atomic E-state index is 0.493. The topological polar surface area (TPSA) is 30.2 Å². The lowest BCUT2D eigenvalue weighted by Gasteiger charge is -2.01. The molecule has 5 heteroatoms. The van der Waals surface area contributed by atoms with Crippen molar-refractivity contribution in [3.8, 4) is 0 Å². The van der Waals surface area contributed by atoms with Crippen molar-refractivity contribution in [2.45, 2.75) is 6.92 Å². The number of hydrogen-bond donors (Lipinski definition) is 0. The maximum absolute atomic E-state index is 5.86. The average Bonchev–Trinajstić information content (AvgIpc) is 2.48. The van der Waals surface area contributed by atoms with Gasteiger partial charge >= 0.3 is 0 Å². The summed E-state index contributed by atoms with van der Waals surface area (Å²) in [6, 6.07) is 0. The van der Waals surface area contributed by atoms with Crippen LogP contribution in [0.2, 0.25) is 5.15 Å². The van der Waals surface area contributed by atoms with Gasteiger partial charge in [-0.05, 0) is 22.9 Å². The third-order valence-corrected chi connectivity index (χ3v) is 2.96. The van der Waals surface area contributed by atoms with Gasteiger partial charge in [-0.25, -0.2) is 9.50 Å². The fourth-order valence-corrected chi connectivity index (χ4v) is 1.72. The summed E-state index contributed by atoms with van der Waals surface area (Å²) in [5, 5.41) is 4.58. The van der Waals surface area contributed by atoms with Crippen molar-refractivity contribution in [3.05, 3.63) is 27.6 Å². The van der Waals surface area contributed by atoms with Gasteiger partial charge in [-0.1, -0.05) is 11.6 Å². The van der Waals surface area contributed by atoms with Crippen LogP contribution in [0.25, 0.3) is 5.65 Å². The van der Waals surface area contributed by atoms with E-state index in [1.165, 1.54) is 0 Å². The molecule has 2 aromatic rings. The first-order chi connectivity index (χ1) is 5.70. The average molecular weight is 246 g/mol. The summed E-state index contributed by atoms with van der Waals surface area (Å²) in [6.45, 7) is 1.90. The molecule has 0 saturated heterocycles. The number of halogens is 2. The smallest absolute Gasteiger partial charge is 0.168 e. The lowest BCUT2D eigenvalue weighted by Crippen LogP contribution is -1.94. The van der Waals surface area contributed by atoms with Crippen molar-refractivity contribution < 1.29 is 0 Å². The Bertz CT molecular complexity index is 437. The Morgan fingerprint density at radius 1 is 1.58 bits per heavy atom. The zero-order chi connectivity index (χ0) is 8.72. The van der Waals surface area contributed by atoms with E-state index in [0.29, 0.717) is 5.15 Å². The van der Waals surface area contributed by atoms with Crippen molar-refractivity contribution in [1.29, 1.82) is 0 Å². The number of aromatic nitrogens is 3. The Morgan fingerprint density at radius 3 is 3.08 bits per heavy atom. The highest BCUT2D eigenvalue weighted by molar-refractivity contribution is 9.10. The lowest BCUT2D eigenvalue weighted by molar-refractivity contribution is 0.922. The molecule has 0 aliphatic rings. The van der Waals surface area contributed by atoms with Crippen LogP contribution in [0.15, 0.2) is 16.9 Å². The van der Waals surface area contributed by atoms with Crippen molar-refractivity contribution >= 4 is 33.2 Å². The molecular weight excluding hydrogens is 241 g/mol. The van der Waals surface area contributed by atoms with Gasteiger partial charge in [0.2, 0.25) is 0 Å². The molecule has 0 saturated carbocycles. The van der Waals surface area contributed by atoms with Gasteiger partial charge in [0.05, 0.1) is 4.47 Å². The predicted molar refractivity (Wildman–Crippen MR) is 50.4 cm³/mol. The van der Waals surface area contributed by atoms with Gasteiger partial charge in [0.1, 0.15) is 0 Å². The van der Waals surface area contributed by atoms with Crippen LogP contribution >= 0.6 is 27.5 Å². The maximum Gasteiger partial charge on any atom is 0.168 e. The molecule has 0 unspecified atom stereocenters. The van der Waals surface area contributed by atoms with E-state index >= 15 is 0 Å². The minimum Gasteiger partial charge on any atom is -0.234 e. The van der Waals surface area contributed by atoms with Crippen molar-refractivity contribution in [2.75, 3.05) is 0 Å². The summed E-state index contributed by atoms with van der Waals surface area (Å²) in [5.41, 5.74) is 1.70. The summed E-state index contributed by atoms with van der Waals surface area (Å²) in [7, 11) is 0. The van der Waals surface area contributed by atoms with E-state index in [1.807, 2.05) is 6.92 Å². The molecule has 2 heterocycles. The second-order valence-electron chi connectivity index (χ2n) is 2.43. The number of fused-ring (bicyclic) bond motifs is 1. The highest BCUT2D eigenvalue weighted by Crippen LogP contribution is 2.24. The molecule has 2 aromatic heterocycles. The zero-order valence-electron chi connectivity index (χ0n) is 6.25. The van der Waals surface area contributed by atoms with Gasteiger partial charge in [-0.3, -0.25) is 0 Å². The quantitative estimate of drug-likeness (QED) is 0.715. The molecule has 3 nitrogen and oxygen atoms in total. The Labute approximate surface area is 82.5 Å². The van der Waals surface area contributed by atoms with E-state index in [0.717, 1.165) is 15.7 Å². The lowest BCUT2D eigenvalue weighted by atomic mass is 10.3. The number of hydrogen-bond acceptors (Lipinski definition) is 2. The van der Waals surface area contributed by atoms with Gasteiger partial charge in [0.15, 0.2) is 10.8 Å². The van der Waals surface area contributed by atoms with E-state index in [2.05, 4.69) is 26.0 Å². The van der Waals surface area contributed by atoms with Crippen LogP contribution in [0.1, 0.15) is 5.56 Å². The van der Waals surface area contributed by atoms with Gasteiger partial charge in [-0.2, -0.15) is 5.10 Å². The van der Waals surface area contributed by atoms with Crippen molar-refractivity contribution in [1.82, 2.24) is 14.6 Å². The molecule has 12 heavy (non-hydrogen) atoms. The molecule has 2 rings (SSSR count). The molecule has 0 aliphatic heterocycles. The van der Waals surface area contributed by atoms with E-state index < -0.39 is 0 Å². The molecule has 0 aromatic carbocycles. The molecule has 0 atom stereocenters. The Balaban J connectivity index is 2.94. The van der Waals surface area contributed by atoms with Crippen LogP contribution in [-0.4, -0.2) is 14.6 Å². The molecule has 0 amide bonds. The van der Waals surface area contributed by atoms with Crippen LogP contribution in [-0.2, 0) is 0 Å². The van der Waals surface area contributed by atoms with E-state index in [4.69, 9.17) is 11.6 Å². The molecule has 0 spiro atoms. The van der Waals surface area contributed by atoms with Crippen LogP contribution in [0, 0.1) is 6.92 Å². The normalized spacial score (nSPS) is 10.9. The van der Waals surface area contributed by atoms with E-state index in [-0.39, 0.29) is 0 Å². The van der Waals surface area contributed by atoms with Crippen LogP contribution < -0.4 is 0 Å². The summed E-state index contributed by atoms with van der Waals surface area (Å²) >= 11 is 9.26. The Morgan fingerprint density at radius 2 is 2.33 bits per heavy atom. The minimum absolute atomic E-state index is 0.493. The van der Waals surface area contributed by atoms with Crippen LogP contribution in [0.3, 0.4) is 0 Å². The summed E-state index contributed by atoms with van der Waals surface area (Å²) in [6.07, 6.45) is 3.44.